The van der Waals surface area contributed by atoms with Crippen LogP contribution in [-0.4, -0.2) is 12.5 Å². The third-order valence-electron chi connectivity index (χ3n) is 6.47. The van der Waals surface area contributed by atoms with E-state index in [-0.39, 0.29) is 5.92 Å². The first-order chi connectivity index (χ1) is 13.1. The van der Waals surface area contributed by atoms with Crippen LogP contribution in [0.15, 0.2) is 12.1 Å². The second-order valence-corrected chi connectivity index (χ2v) is 8.42. The Kier molecular flexibility index (Phi) is 6.50. The summed E-state index contributed by atoms with van der Waals surface area (Å²) >= 11 is 0. The zero-order valence-corrected chi connectivity index (χ0v) is 15.9. The summed E-state index contributed by atoms with van der Waals surface area (Å²) in [5, 5.41) is 0. The predicted molar refractivity (Wildman–Crippen MR) is 93.8 cm³/mol. The van der Waals surface area contributed by atoms with Gasteiger partial charge in [-0.05, 0) is 79.9 Å². The van der Waals surface area contributed by atoms with Crippen LogP contribution in [-0.2, 0) is 0 Å². The van der Waals surface area contributed by atoms with E-state index >= 15 is 0 Å². The molecule has 1 atom stereocenters. The molecular weight excluding hydrogens is 382 g/mol. The first kappa shape index (κ1) is 21.3. The van der Waals surface area contributed by atoms with E-state index < -0.39 is 29.9 Å². The van der Waals surface area contributed by atoms with Crippen LogP contribution in [0.1, 0.15) is 69.8 Å². The molecule has 0 bridgehead atoms. The van der Waals surface area contributed by atoms with E-state index in [2.05, 4.69) is 11.7 Å². The molecule has 0 N–H and O–H groups in total. The third-order valence-corrected chi connectivity index (χ3v) is 6.47. The highest BCUT2D eigenvalue weighted by atomic mass is 19.4. The third kappa shape index (κ3) is 4.95. The Morgan fingerprint density at radius 1 is 0.857 bits per heavy atom. The van der Waals surface area contributed by atoms with Crippen molar-refractivity contribution in [3.63, 3.8) is 0 Å². The minimum atomic E-state index is -5.34. The van der Waals surface area contributed by atoms with Crippen LogP contribution in [0.25, 0.3) is 0 Å². The van der Waals surface area contributed by atoms with Crippen molar-refractivity contribution < 1.29 is 31.1 Å². The highest BCUT2D eigenvalue weighted by Crippen LogP contribution is 2.44. The molecule has 7 heteroatoms. The molecule has 0 heterocycles. The lowest BCUT2D eigenvalue weighted by atomic mass is 9.68. The Hall–Kier alpha value is -1.40. The molecule has 0 radical (unpaired) electrons. The van der Waals surface area contributed by atoms with Crippen LogP contribution in [0.4, 0.5) is 26.3 Å². The molecule has 2 aliphatic carbocycles. The summed E-state index contributed by atoms with van der Waals surface area (Å²) in [5.41, 5.74) is 0.403. The largest absolute Gasteiger partial charge is 0.457 e. The maximum Gasteiger partial charge on any atom is 0.457 e. The highest BCUT2D eigenvalue weighted by Gasteiger charge is 2.43. The summed E-state index contributed by atoms with van der Waals surface area (Å²) < 4.78 is 81.8. The number of alkyl halides is 4. The molecule has 0 amide bonds. The molecule has 1 unspecified atom stereocenters. The van der Waals surface area contributed by atoms with E-state index in [1.54, 1.807) is 0 Å². The van der Waals surface area contributed by atoms with E-state index in [9.17, 15) is 26.3 Å². The lowest BCUT2D eigenvalue weighted by Crippen LogP contribution is -2.30. The van der Waals surface area contributed by atoms with Crippen molar-refractivity contribution in [3.05, 3.63) is 29.3 Å². The Bertz CT molecular complexity index is 634. The number of hydrogen-bond donors (Lipinski definition) is 0. The zero-order valence-electron chi connectivity index (χ0n) is 15.9. The molecular formula is C21H26F6O. The highest BCUT2D eigenvalue weighted by molar-refractivity contribution is 5.33. The average Bonchev–Trinajstić information content (AvgIpc) is 2.64. The molecule has 1 aromatic rings. The molecule has 0 spiro atoms. The van der Waals surface area contributed by atoms with Crippen LogP contribution >= 0.6 is 0 Å². The number of ether oxygens (including phenoxy) is 1. The van der Waals surface area contributed by atoms with E-state index in [1.165, 1.54) is 25.7 Å². The fraction of sp³-hybridized carbons (Fsp3) is 0.714. The van der Waals surface area contributed by atoms with Crippen molar-refractivity contribution >= 4 is 0 Å². The van der Waals surface area contributed by atoms with Gasteiger partial charge in [0.25, 0.3) is 0 Å². The van der Waals surface area contributed by atoms with Gasteiger partial charge in [-0.3, -0.25) is 0 Å². The molecule has 2 aliphatic rings. The average molecular weight is 408 g/mol. The van der Waals surface area contributed by atoms with Crippen LogP contribution < -0.4 is 4.74 Å². The molecule has 28 heavy (non-hydrogen) atoms. The van der Waals surface area contributed by atoms with Crippen LogP contribution in [0, 0.1) is 29.4 Å². The molecule has 0 aliphatic heterocycles. The molecule has 0 saturated heterocycles. The maximum atomic E-state index is 14.1. The SMILES string of the molecule is CC1CCC(C2CCC(c3cc(F)c(OC(F)C(F)(F)F)c(F)c3)CC2)CC1. The summed E-state index contributed by atoms with van der Waals surface area (Å²) in [7, 11) is 0. The first-order valence-corrected chi connectivity index (χ1v) is 10.0. The summed E-state index contributed by atoms with van der Waals surface area (Å²) in [6, 6.07) is 1.96. The Morgan fingerprint density at radius 3 is 1.79 bits per heavy atom. The Morgan fingerprint density at radius 2 is 1.32 bits per heavy atom. The van der Waals surface area contributed by atoms with Crippen molar-refractivity contribution in [3.8, 4) is 5.75 Å². The lowest BCUT2D eigenvalue weighted by molar-refractivity contribution is -0.237. The van der Waals surface area contributed by atoms with Crippen LogP contribution in [0.3, 0.4) is 0 Å². The Labute approximate surface area is 161 Å². The van der Waals surface area contributed by atoms with Gasteiger partial charge in [0.2, 0.25) is 0 Å². The zero-order chi connectivity index (χ0) is 20.5. The fourth-order valence-corrected chi connectivity index (χ4v) is 4.78. The molecule has 1 nitrogen and oxygen atoms in total. The second kappa shape index (κ2) is 8.54. The standard InChI is InChI=1S/C21H26F6O/c1-12-2-4-13(5-3-12)14-6-8-15(9-7-14)16-10-17(22)19(18(23)11-16)28-20(24)21(25,26)27/h10-15,20H,2-9H2,1H3. The maximum absolute atomic E-state index is 14.1. The van der Waals surface area contributed by atoms with E-state index in [0.29, 0.717) is 11.5 Å². The van der Waals surface area contributed by atoms with Gasteiger partial charge in [0.15, 0.2) is 17.4 Å². The van der Waals surface area contributed by atoms with Gasteiger partial charge in [-0.15, -0.1) is 0 Å². The lowest BCUT2D eigenvalue weighted by Gasteiger charge is -2.37. The normalized spacial score (nSPS) is 30.1. The van der Waals surface area contributed by atoms with Gasteiger partial charge in [-0.2, -0.15) is 17.6 Å². The van der Waals surface area contributed by atoms with E-state index in [0.717, 1.165) is 49.7 Å². The quantitative estimate of drug-likeness (QED) is 0.475. The van der Waals surface area contributed by atoms with Crippen LogP contribution in [0.5, 0.6) is 5.75 Å². The molecule has 158 valence electrons. The van der Waals surface area contributed by atoms with Gasteiger partial charge in [0, 0.05) is 0 Å². The van der Waals surface area contributed by atoms with Gasteiger partial charge in [-0.1, -0.05) is 19.8 Å². The minimum Gasteiger partial charge on any atom is -0.446 e. The van der Waals surface area contributed by atoms with Gasteiger partial charge in [-0.25, -0.2) is 8.78 Å². The van der Waals surface area contributed by atoms with Crippen molar-refractivity contribution in [2.24, 2.45) is 17.8 Å². The van der Waals surface area contributed by atoms with E-state index in [1.807, 2.05) is 0 Å². The summed E-state index contributed by atoms with van der Waals surface area (Å²) in [5.74, 6) is -1.80. The Balaban J connectivity index is 1.62. The fourth-order valence-electron chi connectivity index (χ4n) is 4.78. The van der Waals surface area contributed by atoms with Crippen molar-refractivity contribution in [1.82, 2.24) is 0 Å². The van der Waals surface area contributed by atoms with Gasteiger partial charge < -0.3 is 4.74 Å². The monoisotopic (exact) mass is 408 g/mol. The minimum absolute atomic E-state index is 0.0411. The van der Waals surface area contributed by atoms with Crippen molar-refractivity contribution in [1.29, 1.82) is 0 Å². The van der Waals surface area contributed by atoms with Gasteiger partial charge >= 0.3 is 12.5 Å². The number of halogens is 6. The number of benzene rings is 1. The number of hydrogen-bond acceptors (Lipinski definition) is 1. The van der Waals surface area contributed by atoms with Crippen LogP contribution in [0.2, 0.25) is 0 Å². The second-order valence-electron chi connectivity index (χ2n) is 8.42. The topological polar surface area (TPSA) is 9.23 Å². The van der Waals surface area contributed by atoms with E-state index in [4.69, 9.17) is 0 Å². The van der Waals surface area contributed by atoms with Crippen molar-refractivity contribution in [2.75, 3.05) is 0 Å². The molecule has 2 fully saturated rings. The smallest absolute Gasteiger partial charge is 0.446 e. The van der Waals surface area contributed by atoms with Gasteiger partial charge in [0.05, 0.1) is 0 Å². The molecule has 2 saturated carbocycles. The summed E-state index contributed by atoms with van der Waals surface area (Å²) in [6.07, 6.45) is -0.522. The molecule has 1 aromatic carbocycles. The molecule has 0 aromatic heterocycles. The van der Waals surface area contributed by atoms with Crippen molar-refractivity contribution in [2.45, 2.75) is 76.7 Å². The predicted octanol–water partition coefficient (Wildman–Crippen LogP) is 7.30. The van der Waals surface area contributed by atoms with Gasteiger partial charge in [0.1, 0.15) is 0 Å². The summed E-state index contributed by atoms with van der Waals surface area (Å²) in [6.45, 7) is 2.28. The molecule has 3 rings (SSSR count). The summed E-state index contributed by atoms with van der Waals surface area (Å²) in [4.78, 5) is 0. The number of rotatable bonds is 4. The first-order valence-electron chi connectivity index (χ1n) is 10.0.